The standard InChI is InChI=1S/C25H35NO6/c1-7-9-15-31-22-16-18(23(27)29-6)10-11-20(22)21-17-19(30-14-8-2)12-13-26(21)24(28)32-25(3,4)5/h7-8,10-11,16,19,21H,1-2,9,12-15,17H2,3-6H3/t19-,21-/m0/s1. The highest BCUT2D eigenvalue weighted by Gasteiger charge is 2.37. The lowest BCUT2D eigenvalue weighted by Crippen LogP contribution is -2.45. The van der Waals surface area contributed by atoms with Gasteiger partial charge >= 0.3 is 12.1 Å². The maximum Gasteiger partial charge on any atom is 0.410 e. The van der Waals surface area contributed by atoms with Gasteiger partial charge in [0.1, 0.15) is 11.4 Å². The fourth-order valence-corrected chi connectivity index (χ4v) is 3.55. The predicted molar refractivity (Wildman–Crippen MR) is 123 cm³/mol. The zero-order chi connectivity index (χ0) is 23.7. The Morgan fingerprint density at radius 3 is 2.59 bits per heavy atom. The summed E-state index contributed by atoms with van der Waals surface area (Å²) in [7, 11) is 1.33. The van der Waals surface area contributed by atoms with Crippen LogP contribution in [0.4, 0.5) is 4.79 Å². The molecule has 0 aromatic heterocycles. The van der Waals surface area contributed by atoms with E-state index in [0.29, 0.717) is 50.3 Å². The summed E-state index contributed by atoms with van der Waals surface area (Å²) in [6.07, 6.45) is 4.95. The second kappa shape index (κ2) is 11.7. The zero-order valence-corrected chi connectivity index (χ0v) is 19.6. The van der Waals surface area contributed by atoms with Crippen molar-refractivity contribution in [3.05, 3.63) is 54.6 Å². The number of amides is 1. The molecule has 1 aliphatic heterocycles. The first kappa shape index (κ1) is 25.5. The molecule has 7 heteroatoms. The number of hydrogen-bond acceptors (Lipinski definition) is 6. The first-order valence-corrected chi connectivity index (χ1v) is 10.9. The van der Waals surface area contributed by atoms with Crippen molar-refractivity contribution in [3.8, 4) is 5.75 Å². The summed E-state index contributed by atoms with van der Waals surface area (Å²) in [4.78, 5) is 26.8. The Bertz CT molecular complexity index is 813. The quantitative estimate of drug-likeness (QED) is 0.300. The maximum absolute atomic E-state index is 13.0. The number of rotatable bonds is 9. The minimum atomic E-state index is -0.615. The highest BCUT2D eigenvalue weighted by atomic mass is 16.6. The second-order valence-corrected chi connectivity index (χ2v) is 8.63. The van der Waals surface area contributed by atoms with Gasteiger partial charge in [-0.3, -0.25) is 0 Å². The Labute approximate surface area is 191 Å². The van der Waals surface area contributed by atoms with E-state index >= 15 is 0 Å². The summed E-state index contributed by atoms with van der Waals surface area (Å²) in [6, 6.07) is 4.82. The lowest BCUT2D eigenvalue weighted by molar-refractivity contribution is -0.0257. The first-order chi connectivity index (χ1) is 15.2. The third kappa shape index (κ3) is 7.12. The van der Waals surface area contributed by atoms with Crippen LogP contribution in [-0.2, 0) is 14.2 Å². The number of likely N-dealkylation sites (tertiary alicyclic amines) is 1. The fraction of sp³-hybridized carbons (Fsp3) is 0.520. The monoisotopic (exact) mass is 445 g/mol. The molecule has 0 unspecified atom stereocenters. The number of ether oxygens (including phenoxy) is 4. The molecule has 1 saturated heterocycles. The fourth-order valence-electron chi connectivity index (χ4n) is 3.55. The molecule has 2 rings (SSSR count). The van der Waals surface area contributed by atoms with E-state index in [9.17, 15) is 9.59 Å². The number of piperidine rings is 1. The summed E-state index contributed by atoms with van der Waals surface area (Å²) in [6.45, 7) is 14.3. The minimum absolute atomic E-state index is 0.0435. The van der Waals surface area contributed by atoms with E-state index in [1.807, 2.05) is 26.8 Å². The van der Waals surface area contributed by atoms with Crippen molar-refractivity contribution in [3.63, 3.8) is 0 Å². The van der Waals surface area contributed by atoms with Crippen molar-refractivity contribution >= 4 is 12.1 Å². The SMILES string of the molecule is C=CCCOc1cc(C(=O)OC)ccc1[C@@H]1C[C@@H](OCC=C)CCN1C(=O)OC(C)(C)C. The van der Waals surface area contributed by atoms with Crippen molar-refractivity contribution < 1.29 is 28.5 Å². The average molecular weight is 446 g/mol. The van der Waals surface area contributed by atoms with Crippen LogP contribution in [0.15, 0.2) is 43.5 Å². The summed E-state index contributed by atoms with van der Waals surface area (Å²) in [5.74, 6) is 0.0719. The van der Waals surface area contributed by atoms with Gasteiger partial charge in [-0.2, -0.15) is 0 Å². The van der Waals surface area contributed by atoms with Crippen molar-refractivity contribution in [2.24, 2.45) is 0 Å². The van der Waals surface area contributed by atoms with Gasteiger partial charge in [0.15, 0.2) is 0 Å². The van der Waals surface area contributed by atoms with E-state index in [-0.39, 0.29) is 12.1 Å². The molecule has 2 atom stereocenters. The summed E-state index contributed by atoms with van der Waals surface area (Å²) < 4.78 is 22.4. The molecule has 1 amide bonds. The number of benzene rings is 1. The van der Waals surface area contributed by atoms with Crippen LogP contribution >= 0.6 is 0 Å². The maximum atomic E-state index is 13.0. The van der Waals surface area contributed by atoms with Crippen LogP contribution in [-0.4, -0.2) is 55.5 Å². The zero-order valence-electron chi connectivity index (χ0n) is 19.6. The molecule has 7 nitrogen and oxygen atoms in total. The largest absolute Gasteiger partial charge is 0.493 e. The van der Waals surface area contributed by atoms with Crippen molar-refractivity contribution in [2.45, 2.75) is 57.8 Å². The van der Waals surface area contributed by atoms with Gasteiger partial charge in [0.25, 0.3) is 0 Å². The van der Waals surface area contributed by atoms with E-state index in [4.69, 9.17) is 18.9 Å². The van der Waals surface area contributed by atoms with Crippen LogP contribution < -0.4 is 4.74 Å². The van der Waals surface area contributed by atoms with Crippen molar-refractivity contribution in [1.82, 2.24) is 4.90 Å². The van der Waals surface area contributed by atoms with Gasteiger partial charge in [0, 0.05) is 12.1 Å². The van der Waals surface area contributed by atoms with E-state index < -0.39 is 17.7 Å². The first-order valence-electron chi connectivity index (χ1n) is 10.9. The molecule has 0 spiro atoms. The molecule has 1 aliphatic rings. The van der Waals surface area contributed by atoms with Crippen LogP contribution in [0.25, 0.3) is 0 Å². The van der Waals surface area contributed by atoms with Crippen molar-refractivity contribution in [1.29, 1.82) is 0 Å². The van der Waals surface area contributed by atoms with E-state index in [1.165, 1.54) is 7.11 Å². The average Bonchev–Trinajstić information content (AvgIpc) is 2.75. The van der Waals surface area contributed by atoms with Crippen LogP contribution in [0, 0.1) is 0 Å². The number of carbonyl (C=O) groups excluding carboxylic acids is 2. The molecule has 32 heavy (non-hydrogen) atoms. The molecule has 1 aromatic rings. The lowest BCUT2D eigenvalue weighted by atomic mass is 9.92. The van der Waals surface area contributed by atoms with E-state index in [0.717, 1.165) is 5.56 Å². The molecule has 176 valence electrons. The van der Waals surface area contributed by atoms with Gasteiger partial charge in [0.05, 0.1) is 38.0 Å². The number of esters is 1. The molecule has 1 aromatic carbocycles. The number of carbonyl (C=O) groups is 2. The van der Waals surface area contributed by atoms with Gasteiger partial charge in [-0.05, 0) is 52.2 Å². The molecule has 0 aliphatic carbocycles. The van der Waals surface area contributed by atoms with Gasteiger partial charge < -0.3 is 23.8 Å². The lowest BCUT2D eigenvalue weighted by Gasteiger charge is -2.40. The molecular formula is C25H35NO6. The molecular weight excluding hydrogens is 410 g/mol. The molecule has 1 fully saturated rings. The Morgan fingerprint density at radius 2 is 1.97 bits per heavy atom. The van der Waals surface area contributed by atoms with Gasteiger partial charge in [-0.1, -0.05) is 18.2 Å². The van der Waals surface area contributed by atoms with Crippen LogP contribution in [0.5, 0.6) is 5.75 Å². The van der Waals surface area contributed by atoms with Crippen LogP contribution in [0.2, 0.25) is 0 Å². The summed E-state index contributed by atoms with van der Waals surface area (Å²) in [5, 5.41) is 0. The molecule has 1 heterocycles. The summed E-state index contributed by atoms with van der Waals surface area (Å²) in [5.41, 5.74) is 0.555. The number of nitrogens with zero attached hydrogens (tertiary/aromatic N) is 1. The minimum Gasteiger partial charge on any atom is -0.493 e. The van der Waals surface area contributed by atoms with E-state index in [1.54, 1.807) is 29.2 Å². The normalized spacial score (nSPS) is 18.6. The Balaban J connectivity index is 2.43. The van der Waals surface area contributed by atoms with Gasteiger partial charge in [-0.15, -0.1) is 13.2 Å². The third-order valence-electron chi connectivity index (χ3n) is 5.01. The summed E-state index contributed by atoms with van der Waals surface area (Å²) >= 11 is 0. The van der Waals surface area contributed by atoms with E-state index in [2.05, 4.69) is 13.2 Å². The highest BCUT2D eigenvalue weighted by molar-refractivity contribution is 5.90. The third-order valence-corrected chi connectivity index (χ3v) is 5.01. The topological polar surface area (TPSA) is 74.3 Å². The Morgan fingerprint density at radius 1 is 1.22 bits per heavy atom. The van der Waals surface area contributed by atoms with Crippen LogP contribution in [0.1, 0.15) is 62.0 Å². The molecule has 0 saturated carbocycles. The predicted octanol–water partition coefficient (Wildman–Crippen LogP) is 5.07. The smallest absolute Gasteiger partial charge is 0.410 e. The number of methoxy groups -OCH3 is 1. The molecule has 0 N–H and O–H groups in total. The molecule has 0 radical (unpaired) electrons. The second-order valence-electron chi connectivity index (χ2n) is 8.63. The Kier molecular flexibility index (Phi) is 9.32. The highest BCUT2D eigenvalue weighted by Crippen LogP contribution is 2.38. The number of hydrogen-bond donors (Lipinski definition) is 0. The van der Waals surface area contributed by atoms with Crippen LogP contribution in [0.3, 0.4) is 0 Å². The Hall–Kier alpha value is -2.80. The molecule has 0 bridgehead atoms. The van der Waals surface area contributed by atoms with Crippen molar-refractivity contribution in [2.75, 3.05) is 26.9 Å². The van der Waals surface area contributed by atoms with Gasteiger partial charge in [-0.25, -0.2) is 9.59 Å². The van der Waals surface area contributed by atoms with Gasteiger partial charge in [0.2, 0.25) is 0 Å².